The van der Waals surface area contributed by atoms with E-state index >= 15 is 0 Å². The van der Waals surface area contributed by atoms with Crippen LogP contribution in [-0.2, 0) is 0 Å². The fourth-order valence-electron chi connectivity index (χ4n) is 1.75. The van der Waals surface area contributed by atoms with Crippen molar-refractivity contribution < 1.29 is 14.3 Å². The normalized spacial score (nSPS) is 10.2. The number of rotatable bonds is 4. The minimum atomic E-state index is -0.392. The maximum Gasteiger partial charge on any atom is 0.344 e. The van der Waals surface area contributed by atoms with E-state index in [4.69, 9.17) is 4.74 Å². The third-order valence-corrected chi connectivity index (χ3v) is 4.38. The van der Waals surface area contributed by atoms with Gasteiger partial charge in [-0.3, -0.25) is 4.79 Å². The molecule has 0 aliphatic rings. The highest BCUT2D eigenvalue weighted by atomic mass is 32.1. The molecule has 0 atom stereocenters. The molecule has 0 saturated heterocycles. The average molecular weight is 329 g/mol. The molecule has 3 rings (SSSR count). The van der Waals surface area contributed by atoms with Gasteiger partial charge in [-0.15, -0.1) is 11.3 Å². The fraction of sp³-hybridized carbons (Fsp3) is 0. The highest BCUT2D eigenvalue weighted by molar-refractivity contribution is 7.12. The number of nitrogens with one attached hydrogen (secondary N) is 1. The summed E-state index contributed by atoms with van der Waals surface area (Å²) in [4.78, 5) is 24.4. The average Bonchev–Trinajstić information content (AvgIpc) is 3.23. The van der Waals surface area contributed by atoms with Crippen molar-refractivity contribution in [2.45, 2.75) is 0 Å². The van der Waals surface area contributed by atoms with Gasteiger partial charge in [0.1, 0.15) is 5.75 Å². The van der Waals surface area contributed by atoms with Crippen LogP contribution in [0.25, 0.3) is 0 Å². The number of anilines is 1. The van der Waals surface area contributed by atoms with E-state index in [1.165, 1.54) is 22.7 Å². The lowest BCUT2D eigenvalue weighted by Gasteiger charge is -2.06. The second-order valence-electron chi connectivity index (χ2n) is 4.36. The summed E-state index contributed by atoms with van der Waals surface area (Å²) >= 11 is 2.82. The van der Waals surface area contributed by atoms with E-state index < -0.39 is 5.97 Å². The first-order valence-electron chi connectivity index (χ1n) is 6.42. The minimum absolute atomic E-state index is 0.155. The topological polar surface area (TPSA) is 55.4 Å². The molecule has 0 saturated carbocycles. The molecule has 22 heavy (non-hydrogen) atoms. The maximum atomic E-state index is 11.9. The molecule has 1 aromatic carbocycles. The van der Waals surface area contributed by atoms with Gasteiger partial charge in [0.15, 0.2) is 0 Å². The zero-order valence-corrected chi connectivity index (χ0v) is 12.9. The van der Waals surface area contributed by atoms with Gasteiger partial charge < -0.3 is 10.1 Å². The van der Waals surface area contributed by atoms with Gasteiger partial charge >= 0.3 is 5.97 Å². The lowest BCUT2D eigenvalue weighted by atomic mass is 10.3. The zero-order chi connectivity index (χ0) is 15.4. The molecule has 1 amide bonds. The Morgan fingerprint density at radius 3 is 2.45 bits per heavy atom. The van der Waals surface area contributed by atoms with Crippen molar-refractivity contribution in [3.63, 3.8) is 0 Å². The lowest BCUT2D eigenvalue weighted by molar-refractivity contribution is 0.0735. The molecule has 2 aromatic heterocycles. The second kappa shape index (κ2) is 6.55. The molecule has 110 valence electrons. The zero-order valence-electron chi connectivity index (χ0n) is 11.3. The molecule has 0 radical (unpaired) electrons. The molecule has 0 spiro atoms. The smallest absolute Gasteiger partial charge is 0.344 e. The van der Waals surface area contributed by atoms with Crippen molar-refractivity contribution in [2.24, 2.45) is 0 Å². The van der Waals surface area contributed by atoms with E-state index in [9.17, 15) is 9.59 Å². The molecular formula is C16H11NO3S2. The quantitative estimate of drug-likeness (QED) is 0.574. The summed E-state index contributed by atoms with van der Waals surface area (Å²) in [5, 5.41) is 8.19. The summed E-state index contributed by atoms with van der Waals surface area (Å²) < 4.78 is 5.25. The summed E-state index contributed by atoms with van der Waals surface area (Å²) in [6.45, 7) is 0. The number of hydrogen-bond donors (Lipinski definition) is 1. The summed E-state index contributed by atoms with van der Waals surface area (Å²) in [5.74, 6) is -0.111. The number of thiophene rings is 2. The van der Waals surface area contributed by atoms with Gasteiger partial charge in [0.25, 0.3) is 5.91 Å². The van der Waals surface area contributed by atoms with E-state index in [0.29, 0.717) is 21.9 Å². The molecule has 6 heteroatoms. The van der Waals surface area contributed by atoms with Crippen LogP contribution in [0.4, 0.5) is 5.69 Å². The van der Waals surface area contributed by atoms with Crippen molar-refractivity contribution in [3.05, 3.63) is 69.0 Å². The van der Waals surface area contributed by atoms with Crippen LogP contribution in [0.1, 0.15) is 20.0 Å². The van der Waals surface area contributed by atoms with Crippen LogP contribution in [0.5, 0.6) is 5.75 Å². The number of benzene rings is 1. The van der Waals surface area contributed by atoms with Gasteiger partial charge in [-0.05, 0) is 47.2 Å². The molecule has 0 aliphatic heterocycles. The highest BCUT2D eigenvalue weighted by Crippen LogP contribution is 2.19. The third kappa shape index (κ3) is 3.41. The van der Waals surface area contributed by atoms with Crippen LogP contribution >= 0.6 is 22.7 Å². The molecular weight excluding hydrogens is 318 g/mol. The van der Waals surface area contributed by atoms with Crippen LogP contribution in [-0.4, -0.2) is 11.9 Å². The van der Waals surface area contributed by atoms with E-state index in [0.717, 1.165) is 0 Å². The van der Waals surface area contributed by atoms with Gasteiger partial charge in [-0.2, -0.15) is 11.3 Å². The largest absolute Gasteiger partial charge is 0.423 e. The summed E-state index contributed by atoms with van der Waals surface area (Å²) in [7, 11) is 0. The van der Waals surface area contributed by atoms with Crippen LogP contribution in [0.2, 0.25) is 0 Å². The van der Waals surface area contributed by atoms with E-state index in [-0.39, 0.29) is 5.91 Å². The Morgan fingerprint density at radius 2 is 1.82 bits per heavy atom. The van der Waals surface area contributed by atoms with E-state index in [1.807, 2.05) is 16.8 Å². The van der Waals surface area contributed by atoms with Crippen LogP contribution in [0.15, 0.2) is 58.6 Å². The van der Waals surface area contributed by atoms with Gasteiger partial charge in [-0.25, -0.2) is 4.79 Å². The Kier molecular flexibility index (Phi) is 4.32. The maximum absolute atomic E-state index is 11.9. The molecule has 3 aromatic rings. The predicted molar refractivity (Wildman–Crippen MR) is 88.0 cm³/mol. The standard InChI is InChI=1S/C16H11NO3S2/c18-15(14-2-1-8-22-14)17-12-3-5-13(6-4-12)20-16(19)11-7-9-21-10-11/h1-10H,(H,17,18). The number of ether oxygens (including phenoxy) is 1. The first-order valence-corrected chi connectivity index (χ1v) is 8.24. The van der Waals surface area contributed by atoms with Crippen LogP contribution in [0, 0.1) is 0 Å². The van der Waals surface area contributed by atoms with E-state index in [2.05, 4.69) is 5.32 Å². The molecule has 0 bridgehead atoms. The molecule has 2 heterocycles. The summed E-state index contributed by atoms with van der Waals surface area (Å²) in [6, 6.07) is 12.0. The lowest BCUT2D eigenvalue weighted by Crippen LogP contribution is -2.10. The highest BCUT2D eigenvalue weighted by Gasteiger charge is 2.10. The van der Waals surface area contributed by atoms with Crippen molar-refractivity contribution in [3.8, 4) is 5.75 Å². The van der Waals surface area contributed by atoms with Gasteiger partial charge in [-0.1, -0.05) is 6.07 Å². The number of amides is 1. The molecule has 4 nitrogen and oxygen atoms in total. The molecule has 0 unspecified atom stereocenters. The van der Waals surface area contributed by atoms with Gasteiger partial charge in [0.05, 0.1) is 10.4 Å². The summed E-state index contributed by atoms with van der Waals surface area (Å²) in [5.41, 5.74) is 1.17. The Bertz CT molecular complexity index is 695. The van der Waals surface area contributed by atoms with Crippen molar-refractivity contribution in [2.75, 3.05) is 5.32 Å². The second-order valence-corrected chi connectivity index (χ2v) is 6.09. The number of esters is 1. The van der Waals surface area contributed by atoms with Crippen LogP contribution < -0.4 is 10.1 Å². The predicted octanol–water partition coefficient (Wildman–Crippen LogP) is 4.28. The van der Waals surface area contributed by atoms with Crippen molar-refractivity contribution >= 4 is 40.2 Å². The third-order valence-electron chi connectivity index (χ3n) is 2.82. The van der Waals surface area contributed by atoms with Crippen molar-refractivity contribution in [1.29, 1.82) is 0 Å². The van der Waals surface area contributed by atoms with E-state index in [1.54, 1.807) is 41.8 Å². The first-order chi connectivity index (χ1) is 10.7. The monoisotopic (exact) mass is 329 g/mol. The summed E-state index contributed by atoms with van der Waals surface area (Å²) in [6.07, 6.45) is 0. The van der Waals surface area contributed by atoms with Gasteiger partial charge in [0.2, 0.25) is 0 Å². The fourth-order valence-corrected chi connectivity index (χ4v) is 3.00. The first kappa shape index (κ1) is 14.5. The van der Waals surface area contributed by atoms with Crippen molar-refractivity contribution in [1.82, 2.24) is 0 Å². The minimum Gasteiger partial charge on any atom is -0.423 e. The molecule has 0 fully saturated rings. The number of carbonyl (C=O) groups is 2. The SMILES string of the molecule is O=C(Oc1ccc(NC(=O)c2cccs2)cc1)c1ccsc1. The Hall–Kier alpha value is -2.44. The van der Waals surface area contributed by atoms with Crippen LogP contribution in [0.3, 0.4) is 0 Å². The van der Waals surface area contributed by atoms with Gasteiger partial charge in [0, 0.05) is 11.1 Å². The Morgan fingerprint density at radius 1 is 1.00 bits per heavy atom. The number of carbonyl (C=O) groups excluding carboxylic acids is 2. The Balaban J connectivity index is 1.63. The molecule has 1 N–H and O–H groups in total. The number of hydrogen-bond acceptors (Lipinski definition) is 5. The molecule has 0 aliphatic carbocycles. The Labute approximate surface area is 135 Å².